The Morgan fingerprint density at radius 3 is 0.805 bits per heavy atom. The van der Waals surface area contributed by atoms with E-state index < -0.39 is 0 Å². The Bertz CT molecular complexity index is 1110. The minimum Gasteiger partial charge on any atom is -0.365 e. The standard InChI is InChI=1S/C36H40NO4/c1-5-13-29(14-6-1)25-38-33-21-37(22-34(33)39-26-30-15-7-2-8-16-30)23-35(40-27-31-17-9-3-10-18-31)36(24-37)41-28-32-19-11-4-12-20-32/h1-20,33-36H,21-28H2/q+1. The minimum atomic E-state index is 0.00145. The first kappa shape index (κ1) is 27.8. The molecule has 4 aromatic rings. The van der Waals surface area contributed by atoms with Gasteiger partial charge in [-0.25, -0.2) is 0 Å². The molecule has 0 radical (unpaired) electrons. The van der Waals surface area contributed by atoms with E-state index >= 15 is 0 Å². The van der Waals surface area contributed by atoms with Gasteiger partial charge in [0.2, 0.25) is 0 Å². The van der Waals surface area contributed by atoms with E-state index in [1.54, 1.807) is 0 Å². The molecule has 0 bridgehead atoms. The summed E-state index contributed by atoms with van der Waals surface area (Å²) in [5.74, 6) is 0. The molecule has 2 heterocycles. The highest BCUT2D eigenvalue weighted by molar-refractivity contribution is 5.16. The summed E-state index contributed by atoms with van der Waals surface area (Å²) in [5, 5.41) is 0. The molecule has 41 heavy (non-hydrogen) atoms. The van der Waals surface area contributed by atoms with E-state index in [1.165, 1.54) is 22.3 Å². The molecule has 4 unspecified atom stereocenters. The Hall–Kier alpha value is -3.32. The number of hydrogen-bond donors (Lipinski definition) is 0. The van der Waals surface area contributed by atoms with Crippen molar-refractivity contribution in [3.05, 3.63) is 144 Å². The topological polar surface area (TPSA) is 36.9 Å². The Kier molecular flexibility index (Phi) is 9.21. The minimum absolute atomic E-state index is 0.00145. The van der Waals surface area contributed by atoms with Gasteiger partial charge < -0.3 is 23.4 Å². The van der Waals surface area contributed by atoms with Crippen molar-refractivity contribution in [3.63, 3.8) is 0 Å². The first-order valence-electron chi connectivity index (χ1n) is 14.7. The summed E-state index contributed by atoms with van der Waals surface area (Å²) >= 11 is 0. The van der Waals surface area contributed by atoms with Crippen LogP contribution in [0.2, 0.25) is 0 Å². The van der Waals surface area contributed by atoms with Gasteiger partial charge in [0, 0.05) is 0 Å². The van der Waals surface area contributed by atoms with Crippen molar-refractivity contribution in [1.29, 1.82) is 0 Å². The fraction of sp³-hybridized carbons (Fsp3) is 0.333. The van der Waals surface area contributed by atoms with Gasteiger partial charge in [-0.05, 0) is 22.3 Å². The Morgan fingerprint density at radius 2 is 0.585 bits per heavy atom. The van der Waals surface area contributed by atoms with Crippen molar-refractivity contribution in [3.8, 4) is 0 Å². The first-order valence-corrected chi connectivity index (χ1v) is 14.7. The van der Waals surface area contributed by atoms with Gasteiger partial charge in [-0.1, -0.05) is 121 Å². The molecular formula is C36H40NO4+. The summed E-state index contributed by atoms with van der Waals surface area (Å²) in [6.45, 7) is 5.89. The maximum absolute atomic E-state index is 6.58. The van der Waals surface area contributed by atoms with Gasteiger partial charge in [0.25, 0.3) is 0 Å². The largest absolute Gasteiger partial charge is 0.365 e. The predicted octanol–water partition coefficient (Wildman–Crippen LogP) is 6.17. The lowest BCUT2D eigenvalue weighted by atomic mass is 10.2. The summed E-state index contributed by atoms with van der Waals surface area (Å²) in [6, 6.07) is 41.6. The molecule has 6 rings (SSSR count). The molecule has 5 heteroatoms. The highest BCUT2D eigenvalue weighted by atomic mass is 16.6. The van der Waals surface area contributed by atoms with Gasteiger partial charge in [0.15, 0.2) is 0 Å². The average molecular weight is 551 g/mol. The highest BCUT2D eigenvalue weighted by Crippen LogP contribution is 2.34. The third kappa shape index (κ3) is 7.50. The Balaban J connectivity index is 1.17. The number of nitrogens with zero attached hydrogens (tertiary/aromatic N) is 1. The second kappa shape index (κ2) is 13.6. The lowest BCUT2D eigenvalue weighted by Gasteiger charge is -2.29. The van der Waals surface area contributed by atoms with Crippen LogP contribution in [0.25, 0.3) is 0 Å². The predicted molar refractivity (Wildman–Crippen MR) is 160 cm³/mol. The van der Waals surface area contributed by atoms with Crippen LogP contribution in [0.3, 0.4) is 0 Å². The molecule has 2 aliphatic rings. The van der Waals surface area contributed by atoms with Crippen LogP contribution in [0.1, 0.15) is 22.3 Å². The zero-order valence-electron chi connectivity index (χ0n) is 23.6. The molecule has 4 atom stereocenters. The molecule has 0 aliphatic carbocycles. The normalized spacial score (nSPS) is 25.6. The molecule has 2 saturated heterocycles. The third-order valence-corrected chi connectivity index (χ3v) is 8.33. The van der Waals surface area contributed by atoms with Crippen LogP contribution in [0.15, 0.2) is 121 Å². The molecule has 1 spiro atoms. The number of hydrogen-bond acceptors (Lipinski definition) is 4. The van der Waals surface area contributed by atoms with Gasteiger partial charge >= 0.3 is 0 Å². The molecule has 0 saturated carbocycles. The second-order valence-electron chi connectivity index (χ2n) is 11.4. The smallest absolute Gasteiger partial charge is 0.138 e. The quantitative estimate of drug-likeness (QED) is 0.198. The number of quaternary nitrogens is 1. The van der Waals surface area contributed by atoms with Crippen LogP contribution in [-0.4, -0.2) is 55.1 Å². The van der Waals surface area contributed by atoms with Gasteiger partial charge in [-0.15, -0.1) is 0 Å². The highest BCUT2D eigenvalue weighted by Gasteiger charge is 2.55. The van der Waals surface area contributed by atoms with Crippen LogP contribution < -0.4 is 0 Å². The second-order valence-corrected chi connectivity index (χ2v) is 11.4. The van der Waals surface area contributed by atoms with Crippen molar-refractivity contribution >= 4 is 0 Å². The van der Waals surface area contributed by atoms with E-state index in [1.807, 2.05) is 24.3 Å². The van der Waals surface area contributed by atoms with Gasteiger partial charge in [0.05, 0.1) is 26.4 Å². The molecule has 2 aliphatic heterocycles. The van der Waals surface area contributed by atoms with Crippen molar-refractivity contribution in [2.75, 3.05) is 26.2 Å². The monoisotopic (exact) mass is 550 g/mol. The van der Waals surface area contributed by atoms with Crippen molar-refractivity contribution in [2.24, 2.45) is 0 Å². The maximum atomic E-state index is 6.58. The van der Waals surface area contributed by atoms with E-state index in [2.05, 4.69) is 97.1 Å². The summed E-state index contributed by atoms with van der Waals surface area (Å²) in [6.07, 6.45) is 0.00580. The van der Waals surface area contributed by atoms with Crippen LogP contribution in [-0.2, 0) is 45.4 Å². The molecule has 5 nitrogen and oxygen atoms in total. The summed E-state index contributed by atoms with van der Waals surface area (Å²) in [7, 11) is 0. The van der Waals surface area contributed by atoms with Crippen LogP contribution >= 0.6 is 0 Å². The third-order valence-electron chi connectivity index (χ3n) is 8.33. The Morgan fingerprint density at radius 1 is 0.366 bits per heavy atom. The zero-order valence-corrected chi connectivity index (χ0v) is 23.6. The number of benzene rings is 4. The number of rotatable bonds is 12. The van der Waals surface area contributed by atoms with E-state index in [4.69, 9.17) is 18.9 Å². The van der Waals surface area contributed by atoms with E-state index in [0.29, 0.717) is 26.4 Å². The lowest BCUT2D eigenvalue weighted by Crippen LogP contribution is -2.46. The molecule has 2 fully saturated rings. The summed E-state index contributed by atoms with van der Waals surface area (Å²) < 4.78 is 27.2. The molecule has 0 amide bonds. The zero-order chi connectivity index (χ0) is 27.7. The first-order chi connectivity index (χ1) is 20.2. The Labute approximate surface area is 243 Å². The fourth-order valence-electron chi connectivity index (χ4n) is 6.19. The molecule has 0 N–H and O–H groups in total. The SMILES string of the molecule is c1ccc(COC2C[N+]3(CC2OCc2ccccc2)CC(OCc2ccccc2)C(OCc2ccccc2)C3)cc1. The van der Waals surface area contributed by atoms with Gasteiger partial charge in [-0.2, -0.15) is 0 Å². The fourth-order valence-corrected chi connectivity index (χ4v) is 6.19. The van der Waals surface area contributed by atoms with Crippen LogP contribution in [0.5, 0.6) is 0 Å². The van der Waals surface area contributed by atoms with Crippen LogP contribution in [0, 0.1) is 0 Å². The lowest BCUT2D eigenvalue weighted by molar-refractivity contribution is -0.910. The van der Waals surface area contributed by atoms with Crippen molar-refractivity contribution < 1.29 is 23.4 Å². The molecule has 212 valence electrons. The van der Waals surface area contributed by atoms with Gasteiger partial charge in [0.1, 0.15) is 50.6 Å². The van der Waals surface area contributed by atoms with Gasteiger partial charge in [-0.3, -0.25) is 0 Å². The van der Waals surface area contributed by atoms with E-state index in [-0.39, 0.29) is 24.4 Å². The van der Waals surface area contributed by atoms with E-state index in [9.17, 15) is 0 Å². The average Bonchev–Trinajstić information content (AvgIpc) is 3.56. The summed E-state index contributed by atoms with van der Waals surface area (Å²) in [5.41, 5.74) is 4.73. The van der Waals surface area contributed by atoms with Crippen molar-refractivity contribution in [2.45, 2.75) is 50.8 Å². The van der Waals surface area contributed by atoms with Crippen molar-refractivity contribution in [1.82, 2.24) is 0 Å². The molecule has 4 aromatic carbocycles. The molecule has 0 aromatic heterocycles. The van der Waals surface area contributed by atoms with Crippen LogP contribution in [0.4, 0.5) is 0 Å². The maximum Gasteiger partial charge on any atom is 0.138 e. The molecular weight excluding hydrogens is 510 g/mol. The number of ether oxygens (including phenoxy) is 4. The summed E-state index contributed by atoms with van der Waals surface area (Å²) in [4.78, 5) is 0. The van der Waals surface area contributed by atoms with E-state index in [0.717, 1.165) is 30.7 Å².